The highest BCUT2D eigenvalue weighted by molar-refractivity contribution is 5.11. The van der Waals surface area contributed by atoms with Crippen molar-refractivity contribution in [2.24, 2.45) is 13.0 Å². The summed E-state index contributed by atoms with van der Waals surface area (Å²) in [6, 6.07) is 1.98. The molecule has 92 valence electrons. The van der Waals surface area contributed by atoms with E-state index in [-0.39, 0.29) is 5.92 Å². The van der Waals surface area contributed by atoms with Gasteiger partial charge in [-0.3, -0.25) is 4.68 Å². The van der Waals surface area contributed by atoms with Crippen molar-refractivity contribution in [3.05, 3.63) is 17.5 Å². The number of rotatable bonds is 5. The van der Waals surface area contributed by atoms with E-state index in [4.69, 9.17) is 0 Å². The summed E-state index contributed by atoms with van der Waals surface area (Å²) in [5.41, 5.74) is 1.98. The molecule has 0 aromatic carbocycles. The molecule has 0 aliphatic rings. The Kier molecular flexibility index (Phi) is 4.50. The molecular formula is C12H22N2O2. The summed E-state index contributed by atoms with van der Waals surface area (Å²) in [5.74, 6) is 0.0638. The Balaban J connectivity index is 2.68. The molecule has 2 unspecified atom stereocenters. The first kappa shape index (κ1) is 13.2. The van der Waals surface area contributed by atoms with Crippen LogP contribution in [0, 0.1) is 5.92 Å². The Hall–Kier alpha value is -0.870. The van der Waals surface area contributed by atoms with Crippen LogP contribution in [0.2, 0.25) is 0 Å². The van der Waals surface area contributed by atoms with Gasteiger partial charge >= 0.3 is 0 Å². The normalized spacial score (nSPS) is 15.4. The fourth-order valence-corrected chi connectivity index (χ4v) is 1.71. The smallest absolute Gasteiger partial charge is 0.0856 e. The second-order valence-corrected chi connectivity index (χ2v) is 4.61. The lowest BCUT2D eigenvalue weighted by Gasteiger charge is -2.20. The zero-order valence-corrected chi connectivity index (χ0v) is 10.5. The average molecular weight is 226 g/mol. The van der Waals surface area contributed by atoms with Crippen molar-refractivity contribution in [1.29, 1.82) is 0 Å². The predicted molar refractivity (Wildman–Crippen MR) is 63.1 cm³/mol. The van der Waals surface area contributed by atoms with Crippen molar-refractivity contribution in [3.63, 3.8) is 0 Å². The maximum Gasteiger partial charge on any atom is 0.0856 e. The number of aryl methyl sites for hydroxylation is 2. The Morgan fingerprint density at radius 2 is 2.00 bits per heavy atom. The topological polar surface area (TPSA) is 58.3 Å². The minimum Gasteiger partial charge on any atom is -0.390 e. The lowest BCUT2D eigenvalue weighted by atomic mass is 9.98. The van der Waals surface area contributed by atoms with Gasteiger partial charge in [-0.1, -0.05) is 20.8 Å². The van der Waals surface area contributed by atoms with Crippen LogP contribution in [0.4, 0.5) is 0 Å². The quantitative estimate of drug-likeness (QED) is 0.784. The SMILES string of the molecule is CCc1cc(CC(O)C(O)C(C)C)n(C)n1. The van der Waals surface area contributed by atoms with Gasteiger partial charge in [0, 0.05) is 19.2 Å². The molecule has 16 heavy (non-hydrogen) atoms. The largest absolute Gasteiger partial charge is 0.390 e. The van der Waals surface area contributed by atoms with Crippen LogP contribution in [0.3, 0.4) is 0 Å². The van der Waals surface area contributed by atoms with Crippen LogP contribution in [0.1, 0.15) is 32.2 Å². The van der Waals surface area contributed by atoms with Gasteiger partial charge in [0.15, 0.2) is 0 Å². The zero-order chi connectivity index (χ0) is 12.3. The molecule has 2 atom stereocenters. The highest BCUT2D eigenvalue weighted by Crippen LogP contribution is 2.13. The van der Waals surface area contributed by atoms with Crippen LogP contribution in [0.5, 0.6) is 0 Å². The van der Waals surface area contributed by atoms with Crippen LogP contribution in [-0.2, 0) is 19.9 Å². The number of hydrogen-bond acceptors (Lipinski definition) is 3. The van der Waals surface area contributed by atoms with Crippen molar-refractivity contribution in [3.8, 4) is 0 Å². The number of hydrogen-bond donors (Lipinski definition) is 2. The molecule has 1 aromatic rings. The molecule has 2 N–H and O–H groups in total. The molecule has 0 aliphatic heterocycles. The summed E-state index contributed by atoms with van der Waals surface area (Å²) < 4.78 is 1.77. The second-order valence-electron chi connectivity index (χ2n) is 4.61. The molecule has 4 heteroatoms. The van der Waals surface area contributed by atoms with Gasteiger partial charge < -0.3 is 10.2 Å². The molecule has 0 spiro atoms. The lowest BCUT2D eigenvalue weighted by molar-refractivity contribution is -0.00817. The third-order valence-electron chi connectivity index (χ3n) is 2.89. The molecule has 0 aliphatic carbocycles. The van der Waals surface area contributed by atoms with Gasteiger partial charge in [-0.05, 0) is 18.4 Å². The predicted octanol–water partition coefficient (Wildman–Crippen LogP) is 0.903. The van der Waals surface area contributed by atoms with E-state index in [0.717, 1.165) is 17.8 Å². The van der Waals surface area contributed by atoms with Gasteiger partial charge in [-0.25, -0.2) is 0 Å². The van der Waals surface area contributed by atoms with Crippen LogP contribution in [0.25, 0.3) is 0 Å². The van der Waals surface area contributed by atoms with Gasteiger partial charge in [0.1, 0.15) is 0 Å². The fraction of sp³-hybridized carbons (Fsp3) is 0.750. The Morgan fingerprint density at radius 1 is 1.38 bits per heavy atom. The van der Waals surface area contributed by atoms with Crippen molar-refractivity contribution >= 4 is 0 Å². The summed E-state index contributed by atoms with van der Waals surface area (Å²) in [5, 5.41) is 23.9. The van der Waals surface area contributed by atoms with E-state index in [0.29, 0.717) is 6.42 Å². The number of aromatic nitrogens is 2. The van der Waals surface area contributed by atoms with E-state index in [1.165, 1.54) is 0 Å². The summed E-state index contributed by atoms with van der Waals surface area (Å²) >= 11 is 0. The van der Waals surface area contributed by atoms with Gasteiger partial charge in [0.2, 0.25) is 0 Å². The molecule has 1 aromatic heterocycles. The van der Waals surface area contributed by atoms with E-state index in [2.05, 4.69) is 5.10 Å². The highest BCUT2D eigenvalue weighted by atomic mass is 16.3. The van der Waals surface area contributed by atoms with Crippen molar-refractivity contribution < 1.29 is 10.2 Å². The van der Waals surface area contributed by atoms with E-state index in [1.807, 2.05) is 33.9 Å². The van der Waals surface area contributed by atoms with E-state index in [1.54, 1.807) is 4.68 Å². The Morgan fingerprint density at radius 3 is 2.44 bits per heavy atom. The van der Waals surface area contributed by atoms with Crippen LogP contribution < -0.4 is 0 Å². The average Bonchev–Trinajstić information content (AvgIpc) is 2.58. The van der Waals surface area contributed by atoms with Crippen LogP contribution in [0.15, 0.2) is 6.07 Å². The maximum absolute atomic E-state index is 9.86. The fourth-order valence-electron chi connectivity index (χ4n) is 1.71. The summed E-state index contributed by atoms with van der Waals surface area (Å²) in [7, 11) is 1.86. The molecule has 0 radical (unpaired) electrons. The standard InChI is InChI=1S/C12H22N2O2/c1-5-9-6-10(14(4)13-9)7-11(15)12(16)8(2)3/h6,8,11-12,15-16H,5,7H2,1-4H3. The van der Waals surface area contributed by atoms with Gasteiger partial charge in [-0.15, -0.1) is 0 Å². The maximum atomic E-state index is 9.86. The number of aliphatic hydroxyl groups is 2. The summed E-state index contributed by atoms with van der Waals surface area (Å²) in [4.78, 5) is 0. The molecular weight excluding hydrogens is 204 g/mol. The second kappa shape index (κ2) is 5.46. The molecule has 0 bridgehead atoms. The van der Waals surface area contributed by atoms with Crippen molar-refractivity contribution in [2.75, 3.05) is 0 Å². The Labute approximate surface area is 96.9 Å². The van der Waals surface area contributed by atoms with Gasteiger partial charge in [0.05, 0.1) is 17.9 Å². The first-order chi connectivity index (χ1) is 7.45. The number of nitrogens with zero attached hydrogens (tertiary/aromatic N) is 2. The molecule has 0 saturated carbocycles. The third-order valence-corrected chi connectivity index (χ3v) is 2.89. The van der Waals surface area contributed by atoms with E-state index in [9.17, 15) is 10.2 Å². The third kappa shape index (κ3) is 3.06. The first-order valence-corrected chi connectivity index (χ1v) is 5.83. The molecule has 1 heterocycles. The molecule has 0 fully saturated rings. The highest BCUT2D eigenvalue weighted by Gasteiger charge is 2.21. The first-order valence-electron chi connectivity index (χ1n) is 5.83. The van der Waals surface area contributed by atoms with Gasteiger partial charge in [0.25, 0.3) is 0 Å². The molecule has 4 nitrogen and oxygen atoms in total. The van der Waals surface area contributed by atoms with Crippen molar-refractivity contribution in [2.45, 2.75) is 45.8 Å². The summed E-state index contributed by atoms with van der Waals surface area (Å²) in [6.07, 6.45) is -0.0698. The molecule has 1 rings (SSSR count). The van der Waals surface area contributed by atoms with Gasteiger partial charge in [-0.2, -0.15) is 5.10 Å². The van der Waals surface area contributed by atoms with E-state index >= 15 is 0 Å². The van der Waals surface area contributed by atoms with E-state index < -0.39 is 12.2 Å². The minimum atomic E-state index is -0.722. The van der Waals surface area contributed by atoms with Crippen LogP contribution in [-0.4, -0.2) is 32.2 Å². The molecule has 0 amide bonds. The Bertz CT molecular complexity index is 334. The minimum absolute atomic E-state index is 0.0638. The summed E-state index contributed by atoms with van der Waals surface area (Å²) in [6.45, 7) is 5.84. The number of aliphatic hydroxyl groups excluding tert-OH is 2. The molecule has 0 saturated heterocycles. The lowest BCUT2D eigenvalue weighted by Crippen LogP contribution is -2.33. The monoisotopic (exact) mass is 226 g/mol. The van der Waals surface area contributed by atoms with Crippen LogP contribution >= 0.6 is 0 Å². The van der Waals surface area contributed by atoms with Crippen molar-refractivity contribution in [1.82, 2.24) is 9.78 Å². The zero-order valence-electron chi connectivity index (χ0n) is 10.5.